The molecule has 12 nitrogen and oxygen atoms in total. The summed E-state index contributed by atoms with van der Waals surface area (Å²) < 4.78 is 26.3. The van der Waals surface area contributed by atoms with E-state index in [1.54, 1.807) is 75.4 Å². The van der Waals surface area contributed by atoms with Gasteiger partial charge in [0.1, 0.15) is 49.0 Å². The monoisotopic (exact) mass is 776 g/mol. The maximum atomic E-state index is 13.7. The summed E-state index contributed by atoms with van der Waals surface area (Å²) in [4.78, 5) is 54.6. The molecular formula is C34H43Cl3N2O10S. The highest BCUT2D eigenvalue weighted by atomic mass is 35.6. The zero-order chi connectivity index (χ0) is 37.1. The van der Waals surface area contributed by atoms with Gasteiger partial charge in [0, 0.05) is 10.9 Å². The van der Waals surface area contributed by atoms with Crippen molar-refractivity contribution in [2.24, 2.45) is 0 Å². The molecular weight excluding hydrogens is 735 g/mol. The second-order valence-corrected chi connectivity index (χ2v) is 16.0. The molecule has 1 heterocycles. The quantitative estimate of drug-likeness (QED) is 0.130. The van der Waals surface area contributed by atoms with Crippen LogP contribution in [0.25, 0.3) is 0 Å². The minimum absolute atomic E-state index is 0.274. The Morgan fingerprint density at radius 2 is 1.56 bits per heavy atom. The first-order valence-electron chi connectivity index (χ1n) is 16.0. The number of aliphatic hydroxyl groups is 1. The molecule has 0 saturated carbocycles. The smallest absolute Gasteiger partial charge is 0.411 e. The standard InChI is InChI=1S/C34H43Cl3N2O10S/c1-6-22(7-2)39(32(44)49-33(3,4)5)18-25(40)48-28-26(38-31(43)46-20-34(35,36)37)30(50-23-16-12-9-13-17-23)47-24(27(28)41)19-45-29(42)21-14-10-8-11-15-21/h8-17,22,24,26-28,30,41H,6-7,18-20H2,1-5H3,(H,38,43)/t24-,26-,27-,28-,30+/m1/s1. The minimum Gasteiger partial charge on any atom is -0.459 e. The molecule has 1 fully saturated rings. The number of alkyl carbamates (subject to hydrolysis) is 1. The van der Waals surface area contributed by atoms with Crippen molar-refractivity contribution in [1.29, 1.82) is 0 Å². The summed E-state index contributed by atoms with van der Waals surface area (Å²) in [5.41, 5.74) is -1.60. The van der Waals surface area contributed by atoms with Crippen molar-refractivity contribution in [2.75, 3.05) is 19.8 Å². The van der Waals surface area contributed by atoms with E-state index in [4.69, 9.17) is 58.5 Å². The van der Waals surface area contributed by atoms with Crippen LogP contribution in [-0.4, -0.2) is 99.1 Å². The molecule has 5 atom stereocenters. The molecule has 0 aromatic heterocycles. The van der Waals surface area contributed by atoms with Crippen molar-refractivity contribution >= 4 is 70.7 Å². The summed E-state index contributed by atoms with van der Waals surface area (Å²) in [7, 11) is 0. The van der Waals surface area contributed by atoms with Crippen LogP contribution in [0.3, 0.4) is 0 Å². The zero-order valence-corrected chi connectivity index (χ0v) is 31.5. The number of rotatable bonds is 13. The summed E-state index contributed by atoms with van der Waals surface area (Å²) in [5.74, 6) is -1.57. The van der Waals surface area contributed by atoms with Crippen LogP contribution in [0.2, 0.25) is 0 Å². The molecule has 1 aliphatic rings. The van der Waals surface area contributed by atoms with E-state index in [-0.39, 0.29) is 11.6 Å². The summed E-state index contributed by atoms with van der Waals surface area (Å²) >= 11 is 18.4. The van der Waals surface area contributed by atoms with Gasteiger partial charge in [0.05, 0.1) is 5.56 Å². The number of amides is 2. The molecule has 1 aliphatic heterocycles. The van der Waals surface area contributed by atoms with Gasteiger partial charge >= 0.3 is 24.1 Å². The lowest BCUT2D eigenvalue weighted by molar-refractivity contribution is -0.195. The number of hydrogen-bond donors (Lipinski definition) is 2. The molecule has 0 aliphatic carbocycles. The average molecular weight is 778 g/mol. The first-order valence-corrected chi connectivity index (χ1v) is 18.0. The van der Waals surface area contributed by atoms with Gasteiger partial charge in [0.2, 0.25) is 3.79 Å². The number of thioether (sulfide) groups is 1. The Morgan fingerprint density at radius 3 is 2.12 bits per heavy atom. The molecule has 276 valence electrons. The Balaban J connectivity index is 1.96. The number of esters is 2. The van der Waals surface area contributed by atoms with E-state index >= 15 is 0 Å². The van der Waals surface area contributed by atoms with Crippen molar-refractivity contribution in [3.63, 3.8) is 0 Å². The molecule has 2 amide bonds. The van der Waals surface area contributed by atoms with E-state index in [2.05, 4.69) is 5.32 Å². The van der Waals surface area contributed by atoms with Crippen LogP contribution in [0.15, 0.2) is 65.6 Å². The van der Waals surface area contributed by atoms with Crippen LogP contribution < -0.4 is 5.32 Å². The molecule has 1 saturated heterocycles. The molecule has 0 bridgehead atoms. The second kappa shape index (κ2) is 19.1. The van der Waals surface area contributed by atoms with E-state index in [0.717, 1.165) is 11.8 Å². The number of halogens is 3. The third-order valence-electron chi connectivity index (χ3n) is 7.29. The van der Waals surface area contributed by atoms with Crippen LogP contribution in [0.5, 0.6) is 0 Å². The number of carbonyl (C=O) groups excluding carboxylic acids is 4. The van der Waals surface area contributed by atoms with Crippen molar-refractivity contribution in [3.05, 3.63) is 66.2 Å². The number of nitrogens with one attached hydrogen (secondary N) is 1. The number of nitrogens with zero attached hydrogens (tertiary/aromatic N) is 1. The summed E-state index contributed by atoms with van der Waals surface area (Å²) in [6.07, 6.45) is -5.10. The van der Waals surface area contributed by atoms with E-state index < -0.39 is 83.1 Å². The van der Waals surface area contributed by atoms with E-state index in [0.29, 0.717) is 17.7 Å². The topological polar surface area (TPSA) is 150 Å². The van der Waals surface area contributed by atoms with Crippen molar-refractivity contribution in [1.82, 2.24) is 10.2 Å². The lowest BCUT2D eigenvalue weighted by Crippen LogP contribution is -2.65. The Hall–Kier alpha value is -2.94. The third-order valence-corrected chi connectivity index (χ3v) is 8.80. The maximum absolute atomic E-state index is 13.7. The van der Waals surface area contributed by atoms with E-state index in [1.165, 1.54) is 4.90 Å². The fraction of sp³-hybridized carbons (Fsp3) is 0.529. The largest absolute Gasteiger partial charge is 0.459 e. The highest BCUT2D eigenvalue weighted by Crippen LogP contribution is 2.35. The Bertz CT molecular complexity index is 1410. The number of carbonyl (C=O) groups is 4. The molecule has 16 heteroatoms. The predicted octanol–water partition coefficient (Wildman–Crippen LogP) is 6.52. The van der Waals surface area contributed by atoms with Gasteiger partial charge in [-0.05, 0) is 57.9 Å². The van der Waals surface area contributed by atoms with Gasteiger partial charge in [0.15, 0.2) is 6.10 Å². The number of hydrogen-bond acceptors (Lipinski definition) is 11. The summed E-state index contributed by atoms with van der Waals surface area (Å²) in [5, 5.41) is 14.2. The summed E-state index contributed by atoms with van der Waals surface area (Å²) in [6, 6.07) is 15.6. The van der Waals surface area contributed by atoms with Crippen LogP contribution in [0.4, 0.5) is 9.59 Å². The Morgan fingerprint density at radius 1 is 0.960 bits per heavy atom. The van der Waals surface area contributed by atoms with Crippen LogP contribution in [-0.2, 0) is 28.5 Å². The maximum Gasteiger partial charge on any atom is 0.411 e. The number of alkyl halides is 3. The Kier molecular flexibility index (Phi) is 15.8. The molecule has 0 unspecified atom stereocenters. The first kappa shape index (κ1) is 41.5. The normalized spacial score (nSPS) is 20.8. The molecule has 0 spiro atoms. The lowest BCUT2D eigenvalue weighted by atomic mass is 9.97. The van der Waals surface area contributed by atoms with Crippen molar-refractivity contribution < 1.29 is 48.0 Å². The van der Waals surface area contributed by atoms with Gasteiger partial charge in [-0.15, -0.1) is 0 Å². The fourth-order valence-electron chi connectivity index (χ4n) is 4.94. The molecule has 2 N–H and O–H groups in total. The molecule has 0 radical (unpaired) electrons. The van der Waals surface area contributed by atoms with Gasteiger partial charge in [0.25, 0.3) is 0 Å². The molecule has 2 aromatic carbocycles. The third kappa shape index (κ3) is 13.3. The molecule has 3 rings (SSSR count). The van der Waals surface area contributed by atoms with Crippen LogP contribution in [0, 0.1) is 0 Å². The minimum atomic E-state index is -1.92. The average Bonchev–Trinajstić information content (AvgIpc) is 3.05. The highest BCUT2D eigenvalue weighted by Gasteiger charge is 2.49. The molecule has 2 aromatic rings. The predicted molar refractivity (Wildman–Crippen MR) is 189 cm³/mol. The van der Waals surface area contributed by atoms with Gasteiger partial charge < -0.3 is 34.1 Å². The van der Waals surface area contributed by atoms with E-state index in [9.17, 15) is 24.3 Å². The van der Waals surface area contributed by atoms with Crippen molar-refractivity contribution in [3.8, 4) is 0 Å². The number of benzene rings is 2. The SMILES string of the molecule is CCC(CC)N(CC(=O)O[C@H]1[C@H](O)[C@@H](COC(=O)c2ccccc2)O[C@@H](Sc2ccccc2)[C@@H]1NC(=O)OCC(Cl)(Cl)Cl)C(=O)OC(C)(C)C. The number of ether oxygens (including phenoxy) is 5. The second-order valence-electron chi connectivity index (χ2n) is 12.3. The van der Waals surface area contributed by atoms with E-state index in [1.807, 2.05) is 19.9 Å². The van der Waals surface area contributed by atoms with Crippen LogP contribution in [0.1, 0.15) is 57.8 Å². The van der Waals surface area contributed by atoms with Crippen molar-refractivity contribution in [2.45, 2.75) is 97.6 Å². The fourth-order valence-corrected chi connectivity index (χ4v) is 6.26. The van der Waals surface area contributed by atoms with Gasteiger partial charge in [-0.2, -0.15) is 0 Å². The van der Waals surface area contributed by atoms with Gasteiger partial charge in [-0.1, -0.05) is 96.8 Å². The summed E-state index contributed by atoms with van der Waals surface area (Å²) in [6.45, 7) is 7.29. The highest BCUT2D eigenvalue weighted by molar-refractivity contribution is 7.99. The molecule has 50 heavy (non-hydrogen) atoms. The lowest BCUT2D eigenvalue weighted by Gasteiger charge is -2.44. The van der Waals surface area contributed by atoms with Gasteiger partial charge in [-0.25, -0.2) is 14.4 Å². The first-order chi connectivity index (χ1) is 23.5. The van der Waals surface area contributed by atoms with Gasteiger partial charge in [-0.3, -0.25) is 9.69 Å². The zero-order valence-electron chi connectivity index (χ0n) is 28.4. The number of aliphatic hydroxyl groups excluding tert-OH is 1. The Labute approximate surface area is 311 Å². The van der Waals surface area contributed by atoms with Crippen LogP contribution >= 0.6 is 46.6 Å².